The number of halogens is 1. The largest absolute Gasteiger partial charge is 0.357 e. The average Bonchev–Trinajstić information content (AvgIpc) is 2.92. The van der Waals surface area contributed by atoms with Gasteiger partial charge in [-0.15, -0.1) is 0 Å². The first-order valence-corrected chi connectivity index (χ1v) is 10.5. The van der Waals surface area contributed by atoms with Crippen molar-refractivity contribution in [2.24, 2.45) is 4.99 Å². The minimum Gasteiger partial charge on any atom is -0.357 e. The first-order valence-electron chi connectivity index (χ1n) is 8.64. The van der Waals surface area contributed by atoms with Crippen LogP contribution >= 0.6 is 0 Å². The summed E-state index contributed by atoms with van der Waals surface area (Å²) in [5, 5.41) is 8.94. The van der Waals surface area contributed by atoms with E-state index >= 15 is 0 Å². The summed E-state index contributed by atoms with van der Waals surface area (Å²) in [4.78, 5) is 16.2. The quantitative estimate of drug-likeness (QED) is 0.355. The number of hydrogen-bond donors (Lipinski definition) is 3. The van der Waals surface area contributed by atoms with Crippen LogP contribution in [0.15, 0.2) is 29.3 Å². The molecule has 7 nitrogen and oxygen atoms in total. The average molecular weight is 384 g/mol. The predicted molar refractivity (Wildman–Crippen MR) is 99.3 cm³/mol. The summed E-state index contributed by atoms with van der Waals surface area (Å²) >= 11 is 0. The van der Waals surface area contributed by atoms with Crippen molar-refractivity contribution < 1.29 is 17.6 Å². The maximum atomic E-state index is 12.8. The maximum Gasteiger partial charge on any atom is 0.224 e. The number of carbonyl (C=O) groups excluding carboxylic acids is 1. The number of benzene rings is 1. The monoisotopic (exact) mass is 384 g/mol. The molecule has 26 heavy (non-hydrogen) atoms. The lowest BCUT2D eigenvalue weighted by molar-refractivity contribution is -0.120. The van der Waals surface area contributed by atoms with E-state index in [1.165, 1.54) is 12.1 Å². The Morgan fingerprint density at radius 3 is 2.62 bits per heavy atom. The van der Waals surface area contributed by atoms with Crippen molar-refractivity contribution in [1.29, 1.82) is 0 Å². The molecule has 1 fully saturated rings. The molecule has 0 spiro atoms. The lowest BCUT2D eigenvalue weighted by Gasteiger charge is -2.15. The molecule has 0 radical (unpaired) electrons. The van der Waals surface area contributed by atoms with Crippen LogP contribution in [0.5, 0.6) is 0 Å². The van der Waals surface area contributed by atoms with E-state index in [1.807, 2.05) is 6.92 Å². The van der Waals surface area contributed by atoms with Crippen molar-refractivity contribution in [1.82, 2.24) is 16.0 Å². The van der Waals surface area contributed by atoms with Crippen molar-refractivity contribution in [3.63, 3.8) is 0 Å². The first-order chi connectivity index (χ1) is 12.4. The number of rotatable bonds is 7. The fraction of sp³-hybridized carbons (Fsp3) is 0.529. The number of hydrogen-bond acceptors (Lipinski definition) is 4. The van der Waals surface area contributed by atoms with Gasteiger partial charge in [0.25, 0.3) is 0 Å². The van der Waals surface area contributed by atoms with E-state index in [9.17, 15) is 17.6 Å². The maximum absolute atomic E-state index is 12.8. The number of guanidine groups is 1. The minimum atomic E-state index is -2.95. The molecule has 144 valence electrons. The molecule has 1 amide bonds. The number of aliphatic imine (C=N–C) groups is 1. The molecule has 1 aliphatic heterocycles. The van der Waals surface area contributed by atoms with Gasteiger partial charge in [-0.25, -0.2) is 12.8 Å². The number of nitrogens with zero attached hydrogens (tertiary/aromatic N) is 1. The molecule has 1 aliphatic rings. The second-order valence-corrected chi connectivity index (χ2v) is 8.39. The minimum absolute atomic E-state index is 0.117. The van der Waals surface area contributed by atoms with Gasteiger partial charge in [0.2, 0.25) is 5.91 Å². The molecular weight excluding hydrogens is 359 g/mol. The normalized spacial score (nSPS) is 19.2. The van der Waals surface area contributed by atoms with Crippen LogP contribution in [0.3, 0.4) is 0 Å². The highest BCUT2D eigenvalue weighted by atomic mass is 32.2. The summed E-state index contributed by atoms with van der Waals surface area (Å²) in [7, 11) is -2.95. The fourth-order valence-corrected chi connectivity index (χ4v) is 4.31. The van der Waals surface area contributed by atoms with Crippen molar-refractivity contribution in [2.75, 3.05) is 31.1 Å². The van der Waals surface area contributed by atoms with E-state index in [2.05, 4.69) is 20.9 Å². The molecule has 0 aliphatic carbocycles. The number of carbonyl (C=O) groups is 1. The van der Waals surface area contributed by atoms with E-state index in [-0.39, 0.29) is 35.7 Å². The molecular formula is C17H25FN4O3S. The van der Waals surface area contributed by atoms with Crippen molar-refractivity contribution in [2.45, 2.75) is 25.8 Å². The second kappa shape index (κ2) is 9.51. The van der Waals surface area contributed by atoms with Gasteiger partial charge in [0.1, 0.15) is 5.82 Å². The Balaban J connectivity index is 1.75. The van der Waals surface area contributed by atoms with Crippen LogP contribution in [-0.4, -0.2) is 57.5 Å². The van der Waals surface area contributed by atoms with Crippen molar-refractivity contribution >= 4 is 21.7 Å². The molecule has 0 aromatic heterocycles. The van der Waals surface area contributed by atoms with Crippen molar-refractivity contribution in [3.8, 4) is 0 Å². The third-order valence-electron chi connectivity index (χ3n) is 3.90. The molecule has 1 aromatic carbocycles. The summed E-state index contributed by atoms with van der Waals surface area (Å²) < 4.78 is 35.9. The second-order valence-electron chi connectivity index (χ2n) is 6.16. The molecule has 3 N–H and O–H groups in total. The third-order valence-corrected chi connectivity index (χ3v) is 5.67. The molecule has 1 aromatic rings. The third kappa shape index (κ3) is 6.99. The molecule has 0 bridgehead atoms. The number of nitrogens with one attached hydrogen (secondary N) is 3. The molecule has 1 atom stereocenters. The smallest absolute Gasteiger partial charge is 0.224 e. The Bertz CT molecular complexity index is 735. The Labute approximate surface area is 153 Å². The van der Waals surface area contributed by atoms with Gasteiger partial charge in [-0.05, 0) is 31.0 Å². The van der Waals surface area contributed by atoms with Gasteiger partial charge >= 0.3 is 0 Å². The Hall–Kier alpha value is -2.16. The van der Waals surface area contributed by atoms with Gasteiger partial charge in [-0.1, -0.05) is 12.1 Å². The fourth-order valence-electron chi connectivity index (χ4n) is 2.64. The van der Waals surface area contributed by atoms with E-state index in [0.717, 1.165) is 5.56 Å². The summed E-state index contributed by atoms with van der Waals surface area (Å²) in [5.74, 6) is 0.367. The molecule has 0 saturated carbocycles. The Morgan fingerprint density at radius 2 is 2.00 bits per heavy atom. The van der Waals surface area contributed by atoms with E-state index in [0.29, 0.717) is 32.0 Å². The summed E-state index contributed by atoms with van der Waals surface area (Å²) in [5.41, 5.74) is 0.741. The number of amides is 1. The zero-order chi connectivity index (χ0) is 19.0. The molecule has 1 heterocycles. The van der Waals surface area contributed by atoms with E-state index in [4.69, 9.17) is 0 Å². The lowest BCUT2D eigenvalue weighted by atomic mass is 10.1. The summed E-state index contributed by atoms with van der Waals surface area (Å²) in [6.45, 7) is 3.30. The van der Waals surface area contributed by atoms with Gasteiger partial charge in [-0.3, -0.25) is 9.79 Å². The zero-order valence-electron chi connectivity index (χ0n) is 14.8. The van der Waals surface area contributed by atoms with Gasteiger partial charge in [0.05, 0.1) is 24.5 Å². The SMILES string of the molecule is CCNC(=NCCNC(=O)Cc1ccc(F)cc1)NC1CCS(=O)(=O)C1. The molecule has 1 saturated heterocycles. The number of sulfone groups is 1. The van der Waals surface area contributed by atoms with Crippen LogP contribution in [0.2, 0.25) is 0 Å². The Kier molecular flexibility index (Phi) is 7.38. The lowest BCUT2D eigenvalue weighted by Crippen LogP contribution is -2.44. The van der Waals surface area contributed by atoms with E-state index in [1.54, 1.807) is 12.1 Å². The van der Waals surface area contributed by atoms with Gasteiger partial charge in [-0.2, -0.15) is 0 Å². The highest BCUT2D eigenvalue weighted by Gasteiger charge is 2.28. The zero-order valence-corrected chi connectivity index (χ0v) is 15.6. The van der Waals surface area contributed by atoms with E-state index < -0.39 is 9.84 Å². The molecule has 9 heteroatoms. The standard InChI is InChI=1S/C17H25FN4O3S/c1-2-19-17(22-15-7-10-26(24,25)12-15)21-9-8-20-16(23)11-13-3-5-14(18)6-4-13/h3-6,15H,2,7-12H2,1H3,(H,20,23)(H2,19,21,22). The van der Waals surface area contributed by atoms with Crippen LogP contribution in [0.25, 0.3) is 0 Å². The van der Waals surface area contributed by atoms with Crippen LogP contribution in [0.4, 0.5) is 4.39 Å². The highest BCUT2D eigenvalue weighted by molar-refractivity contribution is 7.91. The first kappa shape index (κ1) is 20.2. The molecule has 2 rings (SSSR count). The van der Waals surface area contributed by atoms with Gasteiger partial charge in [0, 0.05) is 19.1 Å². The highest BCUT2D eigenvalue weighted by Crippen LogP contribution is 2.10. The topological polar surface area (TPSA) is 99.7 Å². The molecule has 1 unspecified atom stereocenters. The summed E-state index contributed by atoms with van der Waals surface area (Å²) in [6.07, 6.45) is 0.753. The van der Waals surface area contributed by atoms with Gasteiger partial charge in [0.15, 0.2) is 15.8 Å². The van der Waals surface area contributed by atoms with Crippen LogP contribution < -0.4 is 16.0 Å². The summed E-state index contributed by atoms with van der Waals surface area (Å²) in [6, 6.07) is 5.67. The van der Waals surface area contributed by atoms with Crippen molar-refractivity contribution in [3.05, 3.63) is 35.6 Å². The van der Waals surface area contributed by atoms with Gasteiger partial charge < -0.3 is 16.0 Å². The predicted octanol–water partition coefficient (Wildman–Crippen LogP) is 0.227. The van der Waals surface area contributed by atoms with Crippen LogP contribution in [0, 0.1) is 5.82 Å². The van der Waals surface area contributed by atoms with Crippen LogP contribution in [-0.2, 0) is 21.1 Å². The Morgan fingerprint density at radius 1 is 1.27 bits per heavy atom. The van der Waals surface area contributed by atoms with Crippen LogP contribution in [0.1, 0.15) is 18.9 Å².